The molecule has 0 aliphatic carbocycles. The van der Waals surface area contributed by atoms with Gasteiger partial charge in [-0.25, -0.2) is 9.18 Å². The van der Waals surface area contributed by atoms with Gasteiger partial charge in [0.1, 0.15) is 0 Å². The van der Waals surface area contributed by atoms with Gasteiger partial charge < -0.3 is 19.5 Å². The van der Waals surface area contributed by atoms with Gasteiger partial charge in [-0.05, 0) is 24.1 Å². The quantitative estimate of drug-likeness (QED) is 0.768. The number of halogens is 1. The number of hydrogen-bond donors (Lipinski definition) is 1. The van der Waals surface area contributed by atoms with Crippen molar-refractivity contribution in [3.05, 3.63) is 36.4 Å². The Morgan fingerprint density at radius 2 is 2.21 bits per heavy atom. The fourth-order valence-electron chi connectivity index (χ4n) is 2.52. The van der Waals surface area contributed by atoms with E-state index >= 15 is 0 Å². The summed E-state index contributed by atoms with van der Waals surface area (Å²) >= 11 is 0. The van der Waals surface area contributed by atoms with Crippen molar-refractivity contribution in [1.82, 2.24) is 4.90 Å². The number of allylic oxidation sites excluding steroid dienone is 1. The molecule has 0 bridgehead atoms. The van der Waals surface area contributed by atoms with E-state index in [9.17, 15) is 14.0 Å². The predicted octanol–water partition coefficient (Wildman–Crippen LogP) is 1.83. The summed E-state index contributed by atoms with van der Waals surface area (Å²) in [5, 5.41) is 8.85. The van der Waals surface area contributed by atoms with Gasteiger partial charge in [-0.2, -0.15) is 0 Å². The lowest BCUT2D eigenvalue weighted by atomic mass is 10.1. The zero-order valence-electron chi connectivity index (χ0n) is 13.5. The molecule has 1 N–H and O–H groups in total. The second-order valence-electron chi connectivity index (χ2n) is 5.60. The molecule has 130 valence electrons. The lowest BCUT2D eigenvalue weighted by molar-refractivity contribution is -0.150. The van der Waals surface area contributed by atoms with E-state index in [0.717, 1.165) is 10.5 Å². The number of methoxy groups -OCH3 is 1. The third kappa shape index (κ3) is 3.84. The highest BCUT2D eigenvalue weighted by Gasteiger charge is 2.46. The summed E-state index contributed by atoms with van der Waals surface area (Å²) in [6.45, 7) is 2.95. The van der Waals surface area contributed by atoms with Crippen molar-refractivity contribution in [2.45, 2.75) is 18.5 Å². The number of rotatable bonds is 7. The number of nitrogens with zero attached hydrogens (tertiary/aromatic N) is 1. The summed E-state index contributed by atoms with van der Waals surface area (Å²) in [4.78, 5) is 24.1. The first kappa shape index (κ1) is 17.8. The van der Waals surface area contributed by atoms with Crippen molar-refractivity contribution >= 4 is 11.9 Å². The highest BCUT2D eigenvalue weighted by molar-refractivity contribution is 5.83. The first-order chi connectivity index (χ1) is 11.4. The van der Waals surface area contributed by atoms with Crippen LogP contribution >= 0.6 is 0 Å². The molecule has 0 radical (unpaired) electrons. The topological polar surface area (TPSA) is 76.1 Å². The predicted molar refractivity (Wildman–Crippen MR) is 85.1 cm³/mol. The molecular weight excluding hydrogens is 317 g/mol. The van der Waals surface area contributed by atoms with Gasteiger partial charge in [0.05, 0.1) is 13.7 Å². The maximum Gasteiger partial charge on any atom is 0.343 e. The van der Waals surface area contributed by atoms with Crippen LogP contribution in [0.4, 0.5) is 4.39 Å². The Morgan fingerprint density at radius 1 is 1.46 bits per heavy atom. The fourth-order valence-corrected chi connectivity index (χ4v) is 2.52. The zero-order valence-corrected chi connectivity index (χ0v) is 13.5. The van der Waals surface area contributed by atoms with E-state index in [1.54, 1.807) is 18.2 Å². The van der Waals surface area contributed by atoms with Crippen LogP contribution in [0, 0.1) is 0 Å². The fraction of sp³-hybridized carbons (Fsp3) is 0.412. The molecule has 7 heteroatoms. The average Bonchev–Trinajstić information content (AvgIpc) is 2.97. The first-order valence-electron chi connectivity index (χ1n) is 7.50. The van der Waals surface area contributed by atoms with Crippen molar-refractivity contribution in [2.75, 3.05) is 26.8 Å². The summed E-state index contributed by atoms with van der Waals surface area (Å²) in [7, 11) is 1.49. The number of aliphatic carboxylic acids is 1. The third-order valence-corrected chi connectivity index (χ3v) is 3.91. The minimum atomic E-state index is -2.38. The number of carboxylic acids is 1. The van der Waals surface area contributed by atoms with Crippen LogP contribution in [0.1, 0.15) is 12.0 Å². The van der Waals surface area contributed by atoms with Crippen molar-refractivity contribution < 1.29 is 28.6 Å². The van der Waals surface area contributed by atoms with Crippen molar-refractivity contribution in [3.63, 3.8) is 0 Å². The van der Waals surface area contributed by atoms with Gasteiger partial charge in [0.2, 0.25) is 5.67 Å². The highest BCUT2D eigenvalue weighted by Crippen LogP contribution is 2.29. The average molecular weight is 337 g/mol. The van der Waals surface area contributed by atoms with E-state index in [1.165, 1.54) is 7.11 Å². The van der Waals surface area contributed by atoms with Gasteiger partial charge in [0.25, 0.3) is 5.91 Å². The number of carbonyl (C=O) groups is 2. The van der Waals surface area contributed by atoms with Crippen molar-refractivity contribution in [1.29, 1.82) is 0 Å². The molecule has 1 saturated heterocycles. The zero-order chi connectivity index (χ0) is 17.7. The van der Waals surface area contributed by atoms with E-state index in [0.29, 0.717) is 17.9 Å². The van der Waals surface area contributed by atoms with Crippen LogP contribution in [0.25, 0.3) is 0 Å². The smallest absolute Gasteiger partial charge is 0.343 e. The van der Waals surface area contributed by atoms with Gasteiger partial charge >= 0.3 is 5.97 Å². The summed E-state index contributed by atoms with van der Waals surface area (Å²) in [6.07, 6.45) is 2.22. The molecule has 0 saturated carbocycles. The van der Waals surface area contributed by atoms with E-state index in [4.69, 9.17) is 14.6 Å². The molecule has 1 fully saturated rings. The molecular formula is C17H20FNO5. The molecule has 1 aliphatic rings. The summed E-state index contributed by atoms with van der Waals surface area (Å²) in [6, 6.07) is 5.30. The maximum atomic E-state index is 14.0. The number of amides is 1. The largest absolute Gasteiger partial charge is 0.493 e. The number of benzene rings is 1. The minimum Gasteiger partial charge on any atom is -0.493 e. The monoisotopic (exact) mass is 337 g/mol. The Bertz CT molecular complexity index is 648. The molecule has 24 heavy (non-hydrogen) atoms. The lowest BCUT2D eigenvalue weighted by Crippen LogP contribution is -2.40. The minimum absolute atomic E-state index is 0.0560. The van der Waals surface area contributed by atoms with Gasteiger partial charge in [0, 0.05) is 13.0 Å². The number of carboxylic acid groups (broad SMARTS) is 1. The van der Waals surface area contributed by atoms with Gasteiger partial charge in [-0.1, -0.05) is 12.1 Å². The summed E-state index contributed by atoms with van der Waals surface area (Å²) < 4.78 is 24.7. The molecule has 0 spiro atoms. The Kier molecular flexibility index (Phi) is 5.43. The highest BCUT2D eigenvalue weighted by atomic mass is 19.1. The van der Waals surface area contributed by atoms with Gasteiger partial charge in [-0.15, -0.1) is 6.58 Å². The third-order valence-electron chi connectivity index (χ3n) is 3.91. The van der Waals surface area contributed by atoms with Crippen LogP contribution in [-0.4, -0.2) is 54.4 Å². The number of hydrogen-bond acceptors (Lipinski definition) is 4. The standard InChI is InChI=1S/C17H20FNO5/c1-3-4-12-5-6-13(14(9-12)23-2)24-10-15(20)19-8-7-17(18,11-19)16(21)22/h3,5-6,9H,1,4,7-8,10-11H2,2H3,(H,21,22). The Morgan fingerprint density at radius 3 is 2.79 bits per heavy atom. The first-order valence-corrected chi connectivity index (χ1v) is 7.50. The van der Waals surface area contributed by atoms with Crippen LogP contribution in [0.15, 0.2) is 30.9 Å². The van der Waals surface area contributed by atoms with Crippen LogP contribution < -0.4 is 9.47 Å². The Labute approximate surface area is 139 Å². The Hall–Kier alpha value is -2.57. The molecule has 1 aromatic rings. The molecule has 1 unspecified atom stereocenters. The number of alkyl halides is 1. The number of ether oxygens (including phenoxy) is 2. The molecule has 1 amide bonds. The molecule has 1 atom stereocenters. The molecule has 1 heterocycles. The van der Waals surface area contributed by atoms with Crippen LogP contribution in [0.5, 0.6) is 11.5 Å². The summed E-state index contributed by atoms with van der Waals surface area (Å²) in [5.41, 5.74) is -1.39. The van der Waals surface area contributed by atoms with Crippen LogP contribution in [0.3, 0.4) is 0 Å². The lowest BCUT2D eigenvalue weighted by Gasteiger charge is -2.18. The molecule has 6 nitrogen and oxygen atoms in total. The van der Waals surface area contributed by atoms with Crippen LogP contribution in [0.2, 0.25) is 0 Å². The second-order valence-corrected chi connectivity index (χ2v) is 5.60. The van der Waals surface area contributed by atoms with E-state index in [1.807, 2.05) is 6.07 Å². The molecule has 0 aromatic heterocycles. The van der Waals surface area contributed by atoms with Crippen LogP contribution in [-0.2, 0) is 16.0 Å². The molecule has 1 aromatic carbocycles. The molecule has 2 rings (SSSR count). The van der Waals surface area contributed by atoms with Gasteiger partial charge in [-0.3, -0.25) is 4.79 Å². The normalized spacial score (nSPS) is 19.8. The van der Waals surface area contributed by atoms with Gasteiger partial charge in [0.15, 0.2) is 18.1 Å². The number of likely N-dealkylation sites (tertiary alicyclic amines) is 1. The summed E-state index contributed by atoms with van der Waals surface area (Å²) in [5.74, 6) is -1.14. The SMILES string of the molecule is C=CCc1ccc(OCC(=O)N2CCC(F)(C(=O)O)C2)c(OC)c1. The maximum absolute atomic E-state index is 14.0. The van der Waals surface area contributed by atoms with E-state index in [2.05, 4.69) is 6.58 Å². The Balaban J connectivity index is 1.97. The van der Waals surface area contributed by atoms with E-state index < -0.39 is 24.1 Å². The van der Waals surface area contributed by atoms with Crippen molar-refractivity contribution in [2.24, 2.45) is 0 Å². The second kappa shape index (κ2) is 7.33. The number of carbonyl (C=O) groups excluding carboxylic acids is 1. The van der Waals surface area contributed by atoms with Crippen molar-refractivity contribution in [3.8, 4) is 11.5 Å². The van der Waals surface area contributed by atoms with E-state index in [-0.39, 0.29) is 19.6 Å². The molecule has 1 aliphatic heterocycles.